The van der Waals surface area contributed by atoms with Gasteiger partial charge in [0.2, 0.25) is 10.0 Å². The van der Waals surface area contributed by atoms with Gasteiger partial charge in [-0.1, -0.05) is 20.8 Å². The van der Waals surface area contributed by atoms with Gasteiger partial charge in [0.1, 0.15) is 5.82 Å². The number of amides is 1. The van der Waals surface area contributed by atoms with Crippen LogP contribution in [0.15, 0.2) is 17.0 Å². The summed E-state index contributed by atoms with van der Waals surface area (Å²) in [5.41, 5.74) is 0.0243. The number of halogens is 1. The van der Waals surface area contributed by atoms with E-state index >= 15 is 0 Å². The first-order chi connectivity index (χ1) is 9.48. The second-order valence-electron chi connectivity index (χ2n) is 5.82. The molecule has 118 valence electrons. The molecule has 0 aliphatic rings. The molecule has 0 saturated heterocycles. The lowest BCUT2D eigenvalue weighted by molar-refractivity contribution is 0.0934. The smallest absolute Gasteiger partial charge is 0.251 e. The largest absolute Gasteiger partial charge is 0.351 e. The molecule has 0 aliphatic carbocycles. The van der Waals surface area contributed by atoms with E-state index in [4.69, 9.17) is 5.14 Å². The maximum atomic E-state index is 13.5. The number of hydrogen-bond donors (Lipinski definition) is 2. The summed E-state index contributed by atoms with van der Waals surface area (Å²) in [6.07, 6.45) is 0.859. The molecule has 0 spiro atoms. The Hall–Kier alpha value is -1.47. The highest BCUT2D eigenvalue weighted by Crippen LogP contribution is 2.21. The summed E-state index contributed by atoms with van der Waals surface area (Å²) in [6, 6.07) is 1.83. The van der Waals surface area contributed by atoms with Gasteiger partial charge in [0.25, 0.3) is 5.91 Å². The summed E-state index contributed by atoms with van der Waals surface area (Å²) in [7, 11) is -4.08. The van der Waals surface area contributed by atoms with Gasteiger partial charge in [0.05, 0.1) is 4.90 Å². The molecule has 0 unspecified atom stereocenters. The second kappa shape index (κ2) is 6.11. The maximum absolute atomic E-state index is 13.5. The molecule has 0 atom stereocenters. The van der Waals surface area contributed by atoms with Gasteiger partial charge in [-0.15, -0.1) is 0 Å². The van der Waals surface area contributed by atoms with Crippen LogP contribution in [0.5, 0.6) is 0 Å². The number of nitrogens with one attached hydrogen (secondary N) is 1. The van der Waals surface area contributed by atoms with Gasteiger partial charge in [0, 0.05) is 12.1 Å². The molecule has 3 N–H and O–H groups in total. The fraction of sp³-hybridized carbons (Fsp3) is 0.500. The van der Waals surface area contributed by atoms with E-state index in [1.54, 1.807) is 0 Å². The average Bonchev–Trinajstić information content (AvgIpc) is 2.37. The molecule has 5 nitrogen and oxygen atoms in total. The molecule has 0 bridgehead atoms. The number of primary sulfonamides is 1. The number of nitrogens with two attached hydrogens (primary N) is 1. The van der Waals surface area contributed by atoms with Gasteiger partial charge in [-0.05, 0) is 36.5 Å². The molecule has 0 aromatic heterocycles. The minimum atomic E-state index is -4.08. The second-order valence-corrected chi connectivity index (χ2v) is 7.35. The normalized spacial score (nSPS) is 12.3. The Morgan fingerprint density at radius 1 is 1.38 bits per heavy atom. The first-order valence-corrected chi connectivity index (χ1v) is 8.14. The molecule has 0 heterocycles. The Morgan fingerprint density at radius 3 is 2.43 bits per heavy atom. The van der Waals surface area contributed by atoms with Gasteiger partial charge < -0.3 is 5.32 Å². The first-order valence-electron chi connectivity index (χ1n) is 6.59. The van der Waals surface area contributed by atoms with Crippen LogP contribution in [0.1, 0.15) is 43.1 Å². The minimum Gasteiger partial charge on any atom is -0.351 e. The minimum absolute atomic E-state index is 0.0223. The van der Waals surface area contributed by atoms with E-state index in [9.17, 15) is 17.6 Å². The molecule has 7 heteroatoms. The Labute approximate surface area is 124 Å². The van der Waals surface area contributed by atoms with Gasteiger partial charge in [0.15, 0.2) is 0 Å². The fourth-order valence-electron chi connectivity index (χ4n) is 1.73. The summed E-state index contributed by atoms with van der Waals surface area (Å²) in [5.74, 6) is -1.33. The van der Waals surface area contributed by atoms with Crippen LogP contribution in [-0.2, 0) is 10.0 Å². The molecule has 1 rings (SSSR count). The molecule has 0 radical (unpaired) electrons. The maximum Gasteiger partial charge on any atom is 0.251 e. The van der Waals surface area contributed by atoms with Crippen LogP contribution in [-0.4, -0.2) is 20.9 Å². The summed E-state index contributed by atoms with van der Waals surface area (Å²) < 4.78 is 36.4. The zero-order chi connectivity index (χ0) is 16.4. The third-order valence-corrected chi connectivity index (χ3v) is 4.60. The van der Waals surface area contributed by atoms with Crippen molar-refractivity contribution in [3.8, 4) is 0 Å². The van der Waals surface area contributed by atoms with Crippen molar-refractivity contribution in [3.63, 3.8) is 0 Å². The van der Waals surface area contributed by atoms with E-state index < -0.39 is 21.7 Å². The summed E-state index contributed by atoms with van der Waals surface area (Å²) >= 11 is 0. The molecular formula is C14H21FN2O3S. The molecule has 1 amide bonds. The van der Waals surface area contributed by atoms with Crippen molar-refractivity contribution in [1.82, 2.24) is 5.32 Å². The molecule has 0 aliphatic heterocycles. The molecule has 1 aromatic carbocycles. The monoisotopic (exact) mass is 316 g/mol. The van der Waals surface area contributed by atoms with Crippen molar-refractivity contribution in [1.29, 1.82) is 0 Å². The highest BCUT2D eigenvalue weighted by molar-refractivity contribution is 7.89. The number of carbonyl (C=O) groups is 1. The van der Waals surface area contributed by atoms with Gasteiger partial charge in [-0.25, -0.2) is 17.9 Å². The average molecular weight is 316 g/mol. The summed E-state index contributed by atoms with van der Waals surface area (Å²) in [6.45, 7) is 7.81. The lowest BCUT2D eigenvalue weighted by Gasteiger charge is -2.23. The van der Waals surface area contributed by atoms with Crippen LogP contribution in [0.3, 0.4) is 0 Å². The zero-order valence-electron chi connectivity index (χ0n) is 12.7. The topological polar surface area (TPSA) is 89.3 Å². The van der Waals surface area contributed by atoms with Crippen molar-refractivity contribution in [3.05, 3.63) is 29.1 Å². The van der Waals surface area contributed by atoms with Crippen LogP contribution < -0.4 is 10.5 Å². The van der Waals surface area contributed by atoms with E-state index in [1.165, 1.54) is 6.92 Å². The van der Waals surface area contributed by atoms with Gasteiger partial charge >= 0.3 is 0 Å². The van der Waals surface area contributed by atoms with Crippen molar-refractivity contribution in [2.75, 3.05) is 6.54 Å². The van der Waals surface area contributed by atoms with Crippen LogP contribution >= 0.6 is 0 Å². The summed E-state index contributed by atoms with van der Waals surface area (Å²) in [4.78, 5) is 11.8. The lowest BCUT2D eigenvalue weighted by atomic mass is 9.90. The SMILES string of the molecule is CCC(C)(C)CNC(=O)c1cc(F)cc(S(N)(=O)=O)c1C. The molecule has 0 saturated carbocycles. The zero-order valence-corrected chi connectivity index (χ0v) is 13.5. The third kappa shape index (κ3) is 4.50. The van der Waals surface area contributed by atoms with E-state index in [-0.39, 0.29) is 21.4 Å². The van der Waals surface area contributed by atoms with Crippen molar-refractivity contribution < 1.29 is 17.6 Å². The number of rotatable bonds is 5. The quantitative estimate of drug-likeness (QED) is 0.870. The predicted octanol–water partition coefficient (Wildman–Crippen LogP) is 1.95. The van der Waals surface area contributed by atoms with Crippen molar-refractivity contribution in [2.24, 2.45) is 10.6 Å². The number of sulfonamides is 1. The Balaban J connectivity index is 3.14. The van der Waals surface area contributed by atoms with Crippen LogP contribution in [0, 0.1) is 18.2 Å². The Morgan fingerprint density at radius 2 is 1.95 bits per heavy atom. The summed E-state index contributed by atoms with van der Waals surface area (Å²) in [5, 5.41) is 7.73. The van der Waals surface area contributed by atoms with E-state index in [0.717, 1.165) is 18.6 Å². The molecule has 0 fully saturated rings. The highest BCUT2D eigenvalue weighted by atomic mass is 32.2. The van der Waals surface area contributed by atoms with Crippen molar-refractivity contribution in [2.45, 2.75) is 39.0 Å². The number of hydrogen-bond acceptors (Lipinski definition) is 3. The number of benzene rings is 1. The Kier molecular flexibility index (Phi) is 5.11. The van der Waals surface area contributed by atoms with Gasteiger partial charge in [-0.3, -0.25) is 4.79 Å². The standard InChI is InChI=1S/C14H21FN2O3S/c1-5-14(3,4)8-17-13(18)11-6-10(15)7-12(9(11)2)21(16,19)20/h6-7H,5,8H2,1-4H3,(H,17,18)(H2,16,19,20). The van der Waals surface area contributed by atoms with Gasteiger partial charge in [-0.2, -0.15) is 0 Å². The molecular weight excluding hydrogens is 295 g/mol. The predicted molar refractivity (Wildman–Crippen MR) is 78.9 cm³/mol. The third-order valence-electron chi connectivity index (χ3n) is 3.56. The van der Waals surface area contributed by atoms with E-state index in [0.29, 0.717) is 6.54 Å². The molecule has 21 heavy (non-hydrogen) atoms. The number of carbonyl (C=O) groups excluding carboxylic acids is 1. The van der Waals surface area contributed by atoms with E-state index in [1.807, 2.05) is 20.8 Å². The molecule has 1 aromatic rings. The lowest BCUT2D eigenvalue weighted by Crippen LogP contribution is -2.34. The highest BCUT2D eigenvalue weighted by Gasteiger charge is 2.22. The van der Waals surface area contributed by atoms with Crippen LogP contribution in [0.2, 0.25) is 0 Å². The van der Waals surface area contributed by atoms with E-state index in [2.05, 4.69) is 5.32 Å². The first kappa shape index (κ1) is 17.6. The Bertz CT molecular complexity index is 654. The van der Waals surface area contributed by atoms with Crippen LogP contribution in [0.4, 0.5) is 4.39 Å². The fourth-order valence-corrected chi connectivity index (χ4v) is 2.54. The van der Waals surface area contributed by atoms with Crippen LogP contribution in [0.25, 0.3) is 0 Å². The van der Waals surface area contributed by atoms with Crippen molar-refractivity contribution >= 4 is 15.9 Å².